The minimum absolute atomic E-state index is 0.308. The third-order valence-electron chi connectivity index (χ3n) is 9.78. The maximum Gasteiger partial charge on any atom is 0.268 e. The predicted octanol–water partition coefficient (Wildman–Crippen LogP) is 11.7. The molecule has 2 amide bonds. The van der Waals surface area contributed by atoms with Crippen LogP contribution in [0.25, 0.3) is 70.6 Å². The first kappa shape index (κ1) is 30.5. The molecule has 0 fully saturated rings. The first-order chi connectivity index (χ1) is 25.6. The highest BCUT2D eigenvalue weighted by Gasteiger charge is 2.40. The quantitative estimate of drug-likeness (QED) is 0.136. The normalized spacial score (nSPS) is 12.2. The number of rotatable bonds is 5. The zero-order chi connectivity index (χ0) is 35.3. The number of aromatic nitrogens is 1. The van der Waals surface area contributed by atoms with E-state index in [1.54, 1.807) is 18.2 Å². The molecule has 7 aromatic carbocycles. The minimum Gasteiger partial charge on any atom is -0.308 e. The third kappa shape index (κ3) is 4.64. The molecular formula is C46H26N4O2. The molecule has 0 saturated heterocycles. The van der Waals surface area contributed by atoms with Crippen LogP contribution in [0, 0.1) is 13.1 Å². The van der Waals surface area contributed by atoms with Gasteiger partial charge in [-0.15, -0.1) is 0 Å². The van der Waals surface area contributed by atoms with E-state index in [2.05, 4.69) is 9.69 Å². The van der Waals surface area contributed by atoms with E-state index < -0.39 is 11.8 Å². The minimum atomic E-state index is -0.412. The lowest BCUT2D eigenvalue weighted by Gasteiger charge is -2.20. The molecule has 6 nitrogen and oxygen atoms in total. The summed E-state index contributed by atoms with van der Waals surface area (Å²) in [6.45, 7) is 15.5. The van der Waals surface area contributed by atoms with Crippen molar-refractivity contribution in [3.05, 3.63) is 192 Å². The summed E-state index contributed by atoms with van der Waals surface area (Å²) in [5.74, 6) is -0.806. The van der Waals surface area contributed by atoms with Crippen LogP contribution in [-0.4, -0.2) is 16.4 Å². The van der Waals surface area contributed by atoms with Crippen LogP contribution in [0.1, 0.15) is 20.7 Å². The predicted molar refractivity (Wildman–Crippen MR) is 207 cm³/mol. The smallest absolute Gasteiger partial charge is 0.268 e. The van der Waals surface area contributed by atoms with Gasteiger partial charge in [0.15, 0.2) is 11.4 Å². The molecule has 8 aromatic rings. The molecule has 0 spiro atoms. The first-order valence-electron chi connectivity index (χ1n) is 16.8. The molecule has 0 saturated carbocycles. The van der Waals surface area contributed by atoms with Crippen molar-refractivity contribution < 1.29 is 9.59 Å². The van der Waals surface area contributed by atoms with Crippen molar-refractivity contribution >= 4 is 50.7 Å². The molecule has 0 radical (unpaired) electrons. The van der Waals surface area contributed by atoms with Crippen LogP contribution in [0.2, 0.25) is 0 Å². The van der Waals surface area contributed by atoms with E-state index in [-0.39, 0.29) is 0 Å². The molecular weight excluding hydrogens is 641 g/mol. The summed E-state index contributed by atoms with van der Waals surface area (Å²) in [6.07, 6.45) is 0. The average Bonchev–Trinajstić information content (AvgIpc) is 3.68. The first-order valence-corrected chi connectivity index (χ1v) is 16.8. The Kier molecular flexibility index (Phi) is 7.10. The van der Waals surface area contributed by atoms with Crippen molar-refractivity contribution in [2.75, 3.05) is 4.90 Å². The van der Waals surface area contributed by atoms with Gasteiger partial charge in [-0.3, -0.25) is 9.59 Å². The van der Waals surface area contributed by atoms with Gasteiger partial charge in [0.25, 0.3) is 11.8 Å². The fourth-order valence-electron chi connectivity index (χ4n) is 7.46. The number of anilines is 1. The molecule has 2 heterocycles. The SMILES string of the molecule is [C-]#[N+]c1ccc(-c2cccc3c4ccccc4n(-c4cccc5c4C(=O)N(c4cc(-c6ccccc6)ccc4-c4ccccc4)C5=O)c23)c([N+]#[C-])c1. The van der Waals surface area contributed by atoms with E-state index in [4.69, 9.17) is 13.1 Å². The van der Waals surface area contributed by atoms with Gasteiger partial charge < -0.3 is 4.57 Å². The Balaban J connectivity index is 1.29. The van der Waals surface area contributed by atoms with Gasteiger partial charge in [0.05, 0.1) is 46.7 Å². The van der Waals surface area contributed by atoms with Gasteiger partial charge in [0.1, 0.15) is 0 Å². The fraction of sp³-hybridized carbons (Fsp3) is 0. The highest BCUT2D eigenvalue weighted by atomic mass is 16.2. The summed E-state index contributed by atoms with van der Waals surface area (Å²) in [4.78, 5) is 38.2. The molecule has 0 unspecified atom stereocenters. The lowest BCUT2D eigenvalue weighted by molar-refractivity contribution is 0.0926. The van der Waals surface area contributed by atoms with Gasteiger partial charge in [0.2, 0.25) is 0 Å². The van der Waals surface area contributed by atoms with E-state index in [9.17, 15) is 9.59 Å². The van der Waals surface area contributed by atoms with Crippen LogP contribution < -0.4 is 4.90 Å². The van der Waals surface area contributed by atoms with Crippen LogP contribution in [0.5, 0.6) is 0 Å². The molecule has 9 rings (SSSR count). The zero-order valence-electron chi connectivity index (χ0n) is 27.6. The monoisotopic (exact) mass is 666 g/mol. The summed E-state index contributed by atoms with van der Waals surface area (Å²) >= 11 is 0. The molecule has 0 aliphatic carbocycles. The zero-order valence-corrected chi connectivity index (χ0v) is 27.6. The second-order valence-electron chi connectivity index (χ2n) is 12.6. The molecule has 6 heteroatoms. The Bertz CT molecular complexity index is 2860. The van der Waals surface area contributed by atoms with Crippen molar-refractivity contribution in [1.29, 1.82) is 0 Å². The van der Waals surface area contributed by atoms with Crippen molar-refractivity contribution in [2.24, 2.45) is 0 Å². The lowest BCUT2D eigenvalue weighted by atomic mass is 9.97. The fourth-order valence-corrected chi connectivity index (χ4v) is 7.46. The van der Waals surface area contributed by atoms with Crippen molar-refractivity contribution in [3.8, 4) is 39.1 Å². The lowest BCUT2D eigenvalue weighted by Crippen LogP contribution is -2.30. The second kappa shape index (κ2) is 12.1. The summed E-state index contributed by atoms with van der Waals surface area (Å²) in [5, 5.41) is 1.90. The number of nitrogens with zero attached hydrogens (tertiary/aromatic N) is 4. The van der Waals surface area contributed by atoms with Gasteiger partial charge >= 0.3 is 0 Å². The van der Waals surface area contributed by atoms with E-state index in [0.717, 1.165) is 49.6 Å². The highest BCUT2D eigenvalue weighted by Crippen LogP contribution is 2.45. The van der Waals surface area contributed by atoms with Crippen molar-refractivity contribution in [1.82, 2.24) is 4.57 Å². The van der Waals surface area contributed by atoms with Crippen LogP contribution in [0.3, 0.4) is 0 Å². The van der Waals surface area contributed by atoms with Crippen LogP contribution in [-0.2, 0) is 0 Å². The number of para-hydroxylation sites is 2. The van der Waals surface area contributed by atoms with Crippen LogP contribution in [0.15, 0.2) is 158 Å². The van der Waals surface area contributed by atoms with Gasteiger partial charge in [-0.25, -0.2) is 14.6 Å². The number of hydrogen-bond donors (Lipinski definition) is 0. The Hall–Kier alpha value is -7.54. The summed E-state index contributed by atoms with van der Waals surface area (Å²) in [7, 11) is 0. The second-order valence-corrected chi connectivity index (χ2v) is 12.6. The number of imide groups is 1. The Morgan fingerprint density at radius 1 is 0.462 bits per heavy atom. The number of carbonyl (C=O) groups is 2. The summed E-state index contributed by atoms with van der Waals surface area (Å²) < 4.78 is 2.04. The number of amides is 2. The summed E-state index contributed by atoms with van der Waals surface area (Å²) in [6, 6.07) is 50.1. The number of benzene rings is 7. The molecule has 1 aromatic heterocycles. The van der Waals surface area contributed by atoms with E-state index in [1.165, 1.54) is 4.90 Å². The standard InChI is InChI=1S/C46H26N4O2/c1-47-32-24-26-34(39(28-32)48-2)36-18-11-19-37-35-17-9-10-21-40(35)49(44(36)37)41-22-12-20-38-43(41)46(52)50(45(38)51)42-27-31(29-13-5-3-6-14-29)23-25-33(42)30-15-7-4-8-16-30/h3-28H. The molecule has 242 valence electrons. The van der Waals surface area contributed by atoms with Crippen molar-refractivity contribution in [3.63, 3.8) is 0 Å². The third-order valence-corrected chi connectivity index (χ3v) is 9.78. The molecule has 1 aliphatic heterocycles. The highest BCUT2D eigenvalue weighted by molar-refractivity contribution is 6.36. The van der Waals surface area contributed by atoms with Crippen LogP contribution >= 0.6 is 0 Å². The maximum atomic E-state index is 15.0. The van der Waals surface area contributed by atoms with Gasteiger partial charge in [-0.05, 0) is 52.1 Å². The number of carbonyl (C=O) groups excluding carboxylic acids is 2. The average molecular weight is 667 g/mol. The molecule has 0 atom stereocenters. The van der Waals surface area contributed by atoms with E-state index in [0.29, 0.717) is 39.4 Å². The van der Waals surface area contributed by atoms with E-state index in [1.807, 2.05) is 144 Å². The number of hydrogen-bond acceptors (Lipinski definition) is 2. The van der Waals surface area contributed by atoms with E-state index >= 15 is 0 Å². The largest absolute Gasteiger partial charge is 0.308 e. The Morgan fingerprint density at radius 2 is 1.13 bits per heavy atom. The molecule has 1 aliphatic rings. The van der Waals surface area contributed by atoms with Gasteiger partial charge in [0, 0.05) is 16.3 Å². The van der Waals surface area contributed by atoms with Crippen molar-refractivity contribution in [2.45, 2.75) is 0 Å². The van der Waals surface area contributed by atoms with Gasteiger partial charge in [-0.1, -0.05) is 133 Å². The topological polar surface area (TPSA) is 51.0 Å². The molecule has 52 heavy (non-hydrogen) atoms. The van der Waals surface area contributed by atoms with Crippen LogP contribution in [0.4, 0.5) is 17.1 Å². The Labute approximate surface area is 299 Å². The molecule has 0 N–H and O–H groups in total. The Morgan fingerprint density at radius 3 is 1.90 bits per heavy atom. The summed E-state index contributed by atoms with van der Waals surface area (Å²) in [5.41, 5.74) is 9.09. The maximum absolute atomic E-state index is 15.0. The molecule has 0 bridgehead atoms. The number of fused-ring (bicyclic) bond motifs is 4. The van der Waals surface area contributed by atoms with Gasteiger partial charge in [-0.2, -0.15) is 0 Å².